The van der Waals surface area contributed by atoms with Crippen LogP contribution in [0.1, 0.15) is 5.69 Å². The van der Waals surface area contributed by atoms with Crippen LogP contribution in [0.3, 0.4) is 0 Å². The molecule has 0 radical (unpaired) electrons. The van der Waals surface area contributed by atoms with Gasteiger partial charge in [-0.15, -0.1) is 0 Å². The highest BCUT2D eigenvalue weighted by Gasteiger charge is 2.09. The van der Waals surface area contributed by atoms with Crippen LogP contribution in [-0.2, 0) is 0 Å². The minimum atomic E-state index is 0.00644. The van der Waals surface area contributed by atoms with Gasteiger partial charge >= 0.3 is 0 Å². The Kier molecular flexibility index (Phi) is 3.68. The molecule has 0 saturated heterocycles. The zero-order valence-electron chi connectivity index (χ0n) is 9.18. The van der Waals surface area contributed by atoms with Crippen molar-refractivity contribution in [3.05, 3.63) is 40.9 Å². The number of nitrogens with two attached hydrogens (primary N) is 1. The Morgan fingerprint density at radius 2 is 2.17 bits per heavy atom. The van der Waals surface area contributed by atoms with Crippen molar-refractivity contribution in [1.82, 2.24) is 20.4 Å². The largest absolute Gasteiger partial charge is 0.382 e. The lowest BCUT2D eigenvalue weighted by atomic mass is 10.4. The van der Waals surface area contributed by atoms with Crippen molar-refractivity contribution in [2.75, 3.05) is 11.2 Å². The average molecular weight is 308 g/mol. The second kappa shape index (κ2) is 5.41. The summed E-state index contributed by atoms with van der Waals surface area (Å²) >= 11 is 3.17. The van der Waals surface area contributed by atoms with E-state index in [1.54, 1.807) is 18.3 Å². The quantitative estimate of drug-likeness (QED) is 0.384. The van der Waals surface area contributed by atoms with Gasteiger partial charge in [-0.2, -0.15) is 0 Å². The lowest BCUT2D eigenvalue weighted by Gasteiger charge is -2.10. The molecular weight excluding hydrogens is 298 g/mol. The van der Waals surface area contributed by atoms with Crippen LogP contribution in [0.2, 0.25) is 0 Å². The van der Waals surface area contributed by atoms with Gasteiger partial charge in [-0.1, -0.05) is 6.07 Å². The molecule has 2 rings (SSSR count). The summed E-state index contributed by atoms with van der Waals surface area (Å²) in [6, 6.07) is 5.39. The summed E-state index contributed by atoms with van der Waals surface area (Å²) in [5.41, 5.74) is 11.3. The lowest BCUT2D eigenvalue weighted by Crippen LogP contribution is -2.31. The molecule has 2 heterocycles. The van der Waals surface area contributed by atoms with E-state index in [4.69, 9.17) is 11.1 Å². The molecule has 2 aromatic rings. The molecule has 0 fully saturated rings. The van der Waals surface area contributed by atoms with Gasteiger partial charge in [-0.3, -0.25) is 16.3 Å². The summed E-state index contributed by atoms with van der Waals surface area (Å²) in [5, 5.41) is 7.81. The molecule has 0 aromatic carbocycles. The van der Waals surface area contributed by atoms with Crippen LogP contribution < -0.4 is 16.6 Å². The molecule has 92 valence electrons. The van der Waals surface area contributed by atoms with E-state index >= 15 is 0 Å². The molecule has 0 atom stereocenters. The number of nitrogens with zero attached hydrogens (tertiary/aromatic N) is 3. The Bertz CT molecular complexity index is 557. The fourth-order valence-electron chi connectivity index (χ4n) is 1.18. The molecule has 0 spiro atoms. The van der Waals surface area contributed by atoms with Crippen molar-refractivity contribution < 1.29 is 0 Å². The molecule has 0 aliphatic heterocycles. The SMILES string of the molecule is N=C(NNc1ccccn1)c1nc(Br)cnc1N. The summed E-state index contributed by atoms with van der Waals surface area (Å²) in [5.74, 6) is 0.772. The summed E-state index contributed by atoms with van der Waals surface area (Å²) in [6.45, 7) is 0. The molecule has 0 unspecified atom stereocenters. The monoisotopic (exact) mass is 307 g/mol. The van der Waals surface area contributed by atoms with Crippen molar-refractivity contribution in [1.29, 1.82) is 5.41 Å². The van der Waals surface area contributed by atoms with E-state index in [2.05, 4.69) is 41.7 Å². The molecule has 0 amide bonds. The predicted molar refractivity (Wildman–Crippen MR) is 72.0 cm³/mol. The molecule has 2 aromatic heterocycles. The van der Waals surface area contributed by atoms with E-state index in [1.165, 1.54) is 6.20 Å². The predicted octanol–water partition coefficient (Wildman–Crippen LogP) is 1.16. The second-order valence-corrected chi connectivity index (χ2v) is 4.08. The first kappa shape index (κ1) is 12.2. The van der Waals surface area contributed by atoms with Crippen LogP contribution in [0.5, 0.6) is 0 Å². The van der Waals surface area contributed by atoms with E-state index in [9.17, 15) is 0 Å². The standard InChI is InChI=1S/C10H10BrN7/c11-6-5-15-9(12)8(16-6)10(13)18-17-7-3-1-2-4-14-7/h1-5H,(H2,12,15)(H2,13,18)(H,14,17). The topological polar surface area (TPSA) is 113 Å². The van der Waals surface area contributed by atoms with Crippen molar-refractivity contribution in [2.45, 2.75) is 0 Å². The van der Waals surface area contributed by atoms with E-state index in [0.717, 1.165) is 0 Å². The van der Waals surface area contributed by atoms with E-state index < -0.39 is 0 Å². The molecule has 0 bridgehead atoms. The Balaban J connectivity index is 2.06. The van der Waals surface area contributed by atoms with Crippen LogP contribution in [0.25, 0.3) is 0 Å². The van der Waals surface area contributed by atoms with Gasteiger partial charge in [0.15, 0.2) is 11.7 Å². The van der Waals surface area contributed by atoms with Gasteiger partial charge in [0.25, 0.3) is 0 Å². The summed E-state index contributed by atoms with van der Waals surface area (Å²) < 4.78 is 0.510. The van der Waals surface area contributed by atoms with E-state index in [0.29, 0.717) is 10.4 Å². The van der Waals surface area contributed by atoms with Gasteiger partial charge in [0, 0.05) is 6.20 Å². The van der Waals surface area contributed by atoms with Crippen LogP contribution in [0.4, 0.5) is 11.6 Å². The fraction of sp³-hybridized carbons (Fsp3) is 0. The normalized spacial score (nSPS) is 9.83. The Hall–Kier alpha value is -2.22. The maximum atomic E-state index is 7.81. The van der Waals surface area contributed by atoms with Crippen molar-refractivity contribution >= 4 is 33.4 Å². The zero-order chi connectivity index (χ0) is 13.0. The number of hydrazine groups is 1. The number of rotatable bonds is 3. The molecule has 7 nitrogen and oxygen atoms in total. The molecular formula is C10H10BrN7. The summed E-state index contributed by atoms with van der Waals surface area (Å²) in [6.07, 6.45) is 3.11. The van der Waals surface area contributed by atoms with Crippen LogP contribution in [-0.4, -0.2) is 20.8 Å². The lowest BCUT2D eigenvalue weighted by molar-refractivity contribution is 1.04. The van der Waals surface area contributed by atoms with Crippen molar-refractivity contribution in [3.63, 3.8) is 0 Å². The number of nitrogens with one attached hydrogen (secondary N) is 3. The minimum absolute atomic E-state index is 0.00644. The maximum absolute atomic E-state index is 7.81. The number of pyridine rings is 1. The molecule has 0 saturated carbocycles. The Morgan fingerprint density at radius 3 is 2.89 bits per heavy atom. The number of anilines is 2. The van der Waals surface area contributed by atoms with Crippen molar-refractivity contribution in [3.8, 4) is 0 Å². The van der Waals surface area contributed by atoms with Gasteiger partial charge in [0.2, 0.25) is 0 Å². The highest BCUT2D eigenvalue weighted by molar-refractivity contribution is 9.10. The number of hydrogen-bond acceptors (Lipinski definition) is 6. The number of hydrogen-bond donors (Lipinski definition) is 4. The van der Waals surface area contributed by atoms with Crippen molar-refractivity contribution in [2.24, 2.45) is 0 Å². The first-order chi connectivity index (χ1) is 8.66. The molecule has 0 aliphatic rings. The second-order valence-electron chi connectivity index (χ2n) is 3.27. The smallest absolute Gasteiger partial charge is 0.167 e. The minimum Gasteiger partial charge on any atom is -0.382 e. The number of halogens is 1. The first-order valence-electron chi connectivity index (χ1n) is 4.97. The third-order valence-corrected chi connectivity index (χ3v) is 2.37. The van der Waals surface area contributed by atoms with Gasteiger partial charge in [-0.25, -0.2) is 15.0 Å². The average Bonchev–Trinajstić information content (AvgIpc) is 2.40. The summed E-state index contributed by atoms with van der Waals surface area (Å²) in [7, 11) is 0. The fourth-order valence-corrected chi connectivity index (χ4v) is 1.46. The highest BCUT2D eigenvalue weighted by Crippen LogP contribution is 2.10. The van der Waals surface area contributed by atoms with E-state index in [1.807, 2.05) is 6.07 Å². The van der Waals surface area contributed by atoms with Gasteiger partial charge in [0.05, 0.1) is 6.20 Å². The third-order valence-electron chi connectivity index (χ3n) is 1.99. The number of nitrogen functional groups attached to an aromatic ring is 1. The number of amidine groups is 1. The zero-order valence-corrected chi connectivity index (χ0v) is 10.8. The molecule has 5 N–H and O–H groups in total. The van der Waals surface area contributed by atoms with Gasteiger partial charge < -0.3 is 5.73 Å². The summed E-state index contributed by atoms with van der Waals surface area (Å²) in [4.78, 5) is 12.0. The highest BCUT2D eigenvalue weighted by atomic mass is 79.9. The van der Waals surface area contributed by atoms with E-state index in [-0.39, 0.29) is 17.3 Å². The van der Waals surface area contributed by atoms with Gasteiger partial charge in [0.1, 0.15) is 16.1 Å². The van der Waals surface area contributed by atoms with Crippen LogP contribution in [0.15, 0.2) is 35.2 Å². The van der Waals surface area contributed by atoms with Gasteiger partial charge in [-0.05, 0) is 28.1 Å². The Morgan fingerprint density at radius 1 is 1.33 bits per heavy atom. The number of aromatic nitrogens is 3. The third kappa shape index (κ3) is 2.92. The first-order valence-corrected chi connectivity index (χ1v) is 5.76. The molecule has 18 heavy (non-hydrogen) atoms. The molecule has 0 aliphatic carbocycles. The van der Waals surface area contributed by atoms with Crippen LogP contribution >= 0.6 is 15.9 Å². The van der Waals surface area contributed by atoms with Crippen LogP contribution in [0, 0.1) is 5.41 Å². The Labute approximate surface area is 111 Å². The molecule has 8 heteroatoms. The maximum Gasteiger partial charge on any atom is 0.167 e.